The van der Waals surface area contributed by atoms with Crippen LogP contribution < -0.4 is 21.9 Å². The molecular formula is C6H13I2N2O6-3. The molecule has 1 rings (SSSR count). The van der Waals surface area contributed by atoms with Crippen LogP contribution in [0, 0.1) is 10.4 Å². The Bertz CT molecular complexity index is 211. The van der Waals surface area contributed by atoms with Gasteiger partial charge in [-0.25, -0.2) is 0 Å². The van der Waals surface area contributed by atoms with E-state index < -0.39 is 47.5 Å². The molecule has 0 aromatic carbocycles. The van der Waals surface area contributed by atoms with Crippen molar-refractivity contribution >= 4 is 20.2 Å². The fourth-order valence-corrected chi connectivity index (χ4v) is 7.24. The standard InChI is InChI=1S/C6H13I2N2O6/c1-5-3-4-8(6(2)14-5)16-9(11)7-15-10(12)13/h5-6,12H,3-4H2,1-2H3/q-3. The van der Waals surface area contributed by atoms with Crippen LogP contribution in [-0.2, 0) is 11.1 Å². The molecule has 100 valence electrons. The molecule has 2 unspecified atom stereocenters. The van der Waals surface area contributed by atoms with Crippen LogP contribution in [0.5, 0.6) is 0 Å². The number of nitrogens with zero attached hydrogens (tertiary/aromatic N) is 2. The van der Waals surface area contributed by atoms with Crippen LogP contribution in [0.15, 0.2) is 0 Å². The van der Waals surface area contributed by atoms with Gasteiger partial charge in [0.15, 0.2) is 0 Å². The summed E-state index contributed by atoms with van der Waals surface area (Å²) in [7, 11) is 0. The summed E-state index contributed by atoms with van der Waals surface area (Å²) in [6.07, 6.45) is 1.09. The van der Waals surface area contributed by atoms with E-state index in [4.69, 9.17) is 13.1 Å². The summed E-state index contributed by atoms with van der Waals surface area (Å²) in [6, 6.07) is 0. The number of hydrogen-bond acceptors (Lipinski definition) is 8. The first-order valence-electron chi connectivity index (χ1n) is 4.43. The van der Waals surface area contributed by atoms with Crippen molar-refractivity contribution < 1.29 is 38.2 Å². The summed E-state index contributed by atoms with van der Waals surface area (Å²) in [6.45, 7) is 3.87. The van der Waals surface area contributed by atoms with E-state index in [0.29, 0.717) is 0 Å². The first-order chi connectivity index (χ1) is 7.49. The van der Waals surface area contributed by atoms with Crippen molar-refractivity contribution in [2.75, 3.05) is 4.43 Å². The van der Waals surface area contributed by atoms with Crippen LogP contribution in [0.25, 0.3) is 0 Å². The molecule has 0 aromatic heterocycles. The zero-order valence-electron chi connectivity index (χ0n) is 8.71. The maximum atomic E-state index is 11.2. The second-order valence-corrected chi connectivity index (χ2v) is 9.79. The molecular weight excluding hydrogens is 450 g/mol. The van der Waals surface area contributed by atoms with E-state index in [2.05, 4.69) is 3.17 Å². The number of rotatable bonds is 5. The molecule has 1 heterocycles. The van der Waals surface area contributed by atoms with Gasteiger partial charge in [0.2, 0.25) is 0 Å². The minimum absolute atomic E-state index is 0.0223. The Hall–Kier alpha value is 1.14. The molecule has 0 aromatic rings. The van der Waals surface area contributed by atoms with Crippen LogP contribution in [-0.4, -0.2) is 28.7 Å². The minimum atomic E-state index is -1.92. The van der Waals surface area contributed by atoms with Crippen molar-refractivity contribution in [2.45, 2.75) is 30.5 Å². The third-order valence-electron chi connectivity index (χ3n) is 1.75. The summed E-state index contributed by atoms with van der Waals surface area (Å²) in [4.78, 5) is 0. The van der Waals surface area contributed by atoms with Crippen molar-refractivity contribution in [1.82, 2.24) is 8.83 Å². The second-order valence-electron chi connectivity index (χ2n) is 2.98. The number of hydrogen-bond donors (Lipinski definition) is 1. The van der Waals surface area contributed by atoms with Gasteiger partial charge in [-0.1, -0.05) is 0 Å². The summed E-state index contributed by atoms with van der Waals surface area (Å²) >= 11 is -3.56. The average molecular weight is 463 g/mol. The molecule has 1 aliphatic heterocycles. The third-order valence-corrected chi connectivity index (χ3v) is 8.34. The summed E-state index contributed by atoms with van der Waals surface area (Å²) in [5, 5.41) is 28.6. The Morgan fingerprint density at radius 3 is 2.75 bits per heavy atom. The SMILES string of the molecule is CC1CCI(ON([O-])[I-]ON([O-])O)C(C)O1. The first kappa shape index (κ1) is 15.2. The number of halogens is 2. The molecule has 16 heavy (non-hydrogen) atoms. The summed E-state index contributed by atoms with van der Waals surface area (Å²) in [5.41, 5.74) is 0. The van der Waals surface area contributed by atoms with E-state index in [-0.39, 0.29) is 13.7 Å². The fourth-order valence-electron chi connectivity index (χ4n) is 1.08. The van der Waals surface area contributed by atoms with Gasteiger partial charge in [0.05, 0.1) is 0 Å². The molecule has 2 atom stereocenters. The Morgan fingerprint density at radius 1 is 1.50 bits per heavy atom. The molecule has 1 fully saturated rings. The summed E-state index contributed by atoms with van der Waals surface area (Å²) in [5.74, 6) is 0. The van der Waals surface area contributed by atoms with E-state index in [0.717, 1.165) is 10.8 Å². The normalized spacial score (nSPS) is 29.3. The summed E-state index contributed by atoms with van der Waals surface area (Å²) < 4.78 is 16.0. The number of ether oxygens (including phenoxy) is 1. The molecule has 1 aliphatic rings. The fraction of sp³-hybridized carbons (Fsp3) is 1.00. The zero-order chi connectivity index (χ0) is 12.1. The quantitative estimate of drug-likeness (QED) is 0.224. The van der Waals surface area contributed by atoms with Crippen LogP contribution in [0.1, 0.15) is 20.3 Å². The van der Waals surface area contributed by atoms with Gasteiger partial charge in [-0.15, -0.1) is 0 Å². The second kappa shape index (κ2) is 7.55. The predicted octanol–water partition coefficient (Wildman–Crippen LogP) is -1.67. The first-order valence-corrected chi connectivity index (χ1v) is 9.93. The van der Waals surface area contributed by atoms with Gasteiger partial charge in [-0.05, 0) is 0 Å². The molecule has 0 amide bonds. The van der Waals surface area contributed by atoms with Gasteiger partial charge < -0.3 is 0 Å². The van der Waals surface area contributed by atoms with Crippen molar-refractivity contribution in [3.8, 4) is 0 Å². The van der Waals surface area contributed by atoms with Crippen LogP contribution >= 0.6 is 20.2 Å². The third kappa shape index (κ3) is 5.65. The predicted molar refractivity (Wildman–Crippen MR) is 57.9 cm³/mol. The monoisotopic (exact) mass is 463 g/mol. The molecule has 0 radical (unpaired) electrons. The van der Waals surface area contributed by atoms with Gasteiger partial charge in [0.25, 0.3) is 0 Å². The van der Waals surface area contributed by atoms with Gasteiger partial charge >= 0.3 is 113 Å². The zero-order valence-corrected chi connectivity index (χ0v) is 13.0. The van der Waals surface area contributed by atoms with Gasteiger partial charge in [0.1, 0.15) is 0 Å². The Balaban J connectivity index is 2.25. The van der Waals surface area contributed by atoms with E-state index >= 15 is 0 Å². The van der Waals surface area contributed by atoms with E-state index in [9.17, 15) is 10.4 Å². The molecule has 1 N–H and O–H groups in total. The van der Waals surface area contributed by atoms with Gasteiger partial charge in [0, 0.05) is 0 Å². The maximum absolute atomic E-state index is 11.2. The van der Waals surface area contributed by atoms with Gasteiger partial charge in [-0.3, -0.25) is 0 Å². The van der Waals surface area contributed by atoms with Crippen molar-refractivity contribution in [2.24, 2.45) is 0 Å². The Morgan fingerprint density at radius 2 is 2.19 bits per heavy atom. The van der Waals surface area contributed by atoms with E-state index in [1.165, 1.54) is 0 Å². The number of alkyl halides is 2. The molecule has 10 heteroatoms. The van der Waals surface area contributed by atoms with Crippen LogP contribution in [0.3, 0.4) is 0 Å². The van der Waals surface area contributed by atoms with E-state index in [1.807, 2.05) is 13.8 Å². The van der Waals surface area contributed by atoms with Crippen molar-refractivity contribution in [1.29, 1.82) is 0 Å². The molecule has 8 nitrogen and oxygen atoms in total. The van der Waals surface area contributed by atoms with E-state index in [1.54, 1.807) is 0 Å². The van der Waals surface area contributed by atoms with Crippen LogP contribution in [0.2, 0.25) is 0 Å². The molecule has 1 saturated heterocycles. The Kier molecular flexibility index (Phi) is 7.17. The average Bonchev–Trinajstić information content (AvgIpc) is 2.19. The van der Waals surface area contributed by atoms with Crippen LogP contribution in [0.4, 0.5) is 0 Å². The molecule has 0 aliphatic carbocycles. The molecule has 0 spiro atoms. The van der Waals surface area contributed by atoms with Crippen molar-refractivity contribution in [3.05, 3.63) is 10.4 Å². The molecule has 0 saturated carbocycles. The molecule has 0 bridgehead atoms. The Labute approximate surface area is 112 Å². The van der Waals surface area contributed by atoms with Gasteiger partial charge in [-0.2, -0.15) is 0 Å². The van der Waals surface area contributed by atoms with Crippen molar-refractivity contribution in [3.63, 3.8) is 0 Å². The topological polar surface area (TPSA) is 101 Å².